The first-order valence-electron chi connectivity index (χ1n) is 6.86. The molecule has 0 heterocycles. The molecule has 0 saturated carbocycles. The Bertz CT molecular complexity index is 625. The number of alkyl halides is 5. The minimum Gasteiger partial charge on any atom is -0.481 e. The van der Waals surface area contributed by atoms with Gasteiger partial charge in [-0.1, -0.05) is 0 Å². The zero-order valence-electron chi connectivity index (χ0n) is 12.9. The van der Waals surface area contributed by atoms with E-state index in [0.717, 1.165) is 17.0 Å². The lowest BCUT2D eigenvalue weighted by molar-refractivity contribution is -0.138. The Kier molecular flexibility index (Phi) is 7.46. The predicted molar refractivity (Wildman–Crippen MR) is 82.1 cm³/mol. The van der Waals surface area contributed by atoms with Crippen LogP contribution in [0.4, 0.5) is 32.4 Å². The SMILES string of the molecule is CN(CCC(=O)O)C(=O)Nc1cc(C(F)(F)F)ccc1SCC(F)F. The molecule has 0 aliphatic carbocycles. The second-order valence-corrected chi connectivity index (χ2v) is 5.97. The molecule has 0 aliphatic rings. The quantitative estimate of drug-likeness (QED) is 0.549. The summed E-state index contributed by atoms with van der Waals surface area (Å²) in [5.74, 6) is -1.80. The molecule has 0 unspecified atom stereocenters. The van der Waals surface area contributed by atoms with Crippen LogP contribution in [0.15, 0.2) is 23.1 Å². The summed E-state index contributed by atoms with van der Waals surface area (Å²) < 4.78 is 63.1. The van der Waals surface area contributed by atoms with Crippen LogP contribution in [0.3, 0.4) is 0 Å². The van der Waals surface area contributed by atoms with Gasteiger partial charge in [-0.3, -0.25) is 4.79 Å². The molecule has 0 radical (unpaired) electrons. The lowest BCUT2D eigenvalue weighted by atomic mass is 10.2. The number of halogens is 5. The summed E-state index contributed by atoms with van der Waals surface area (Å²) in [5.41, 5.74) is -1.31. The summed E-state index contributed by atoms with van der Waals surface area (Å²) in [6.45, 7) is -0.167. The maximum absolute atomic E-state index is 12.8. The molecule has 0 spiro atoms. The van der Waals surface area contributed by atoms with Gasteiger partial charge < -0.3 is 15.3 Å². The van der Waals surface area contributed by atoms with Gasteiger partial charge in [0.25, 0.3) is 0 Å². The van der Waals surface area contributed by atoms with E-state index in [2.05, 4.69) is 5.32 Å². The zero-order chi connectivity index (χ0) is 19.2. The van der Waals surface area contributed by atoms with Gasteiger partial charge in [-0.2, -0.15) is 13.2 Å². The van der Waals surface area contributed by atoms with Gasteiger partial charge >= 0.3 is 18.2 Å². The maximum atomic E-state index is 12.8. The van der Waals surface area contributed by atoms with E-state index in [4.69, 9.17) is 5.11 Å². The molecule has 1 aromatic rings. The minimum absolute atomic E-state index is 0.0493. The van der Waals surface area contributed by atoms with Crippen LogP contribution in [0.2, 0.25) is 0 Å². The fourth-order valence-electron chi connectivity index (χ4n) is 1.66. The van der Waals surface area contributed by atoms with Crippen molar-refractivity contribution in [2.24, 2.45) is 0 Å². The topological polar surface area (TPSA) is 69.6 Å². The molecule has 5 nitrogen and oxygen atoms in total. The van der Waals surface area contributed by atoms with Crippen molar-refractivity contribution >= 4 is 29.4 Å². The van der Waals surface area contributed by atoms with Gasteiger partial charge in [0.1, 0.15) is 0 Å². The number of carbonyl (C=O) groups is 2. The average molecular weight is 386 g/mol. The molecule has 2 N–H and O–H groups in total. The molecule has 0 bridgehead atoms. The van der Waals surface area contributed by atoms with E-state index >= 15 is 0 Å². The summed E-state index contributed by atoms with van der Waals surface area (Å²) in [6.07, 6.45) is -7.69. The number of nitrogens with one attached hydrogen (secondary N) is 1. The van der Waals surface area contributed by atoms with E-state index in [0.29, 0.717) is 17.8 Å². The molecular formula is C14H15F5N2O3S. The molecule has 0 fully saturated rings. The number of carboxylic acid groups (broad SMARTS) is 1. The standard InChI is InChI=1S/C14H15F5N2O3S/c1-21(5-4-12(22)23)13(24)20-9-6-8(14(17,18)19)2-3-10(9)25-7-11(15)16/h2-3,6,11H,4-5,7H2,1H3,(H,20,24)(H,22,23). The van der Waals surface area contributed by atoms with Gasteiger partial charge in [0.05, 0.1) is 23.4 Å². The zero-order valence-corrected chi connectivity index (χ0v) is 13.8. The number of thioether (sulfide) groups is 1. The van der Waals surface area contributed by atoms with Crippen LogP contribution in [-0.4, -0.2) is 47.8 Å². The number of urea groups is 1. The van der Waals surface area contributed by atoms with Gasteiger partial charge in [0, 0.05) is 18.5 Å². The Morgan fingerprint density at radius 2 is 1.96 bits per heavy atom. The molecule has 0 atom stereocenters. The fourth-order valence-corrected chi connectivity index (χ4v) is 2.39. The third-order valence-corrected chi connectivity index (χ3v) is 4.01. The number of anilines is 1. The predicted octanol–water partition coefficient (Wildman–Crippen LogP) is 4.00. The van der Waals surface area contributed by atoms with Crippen molar-refractivity contribution in [1.82, 2.24) is 4.90 Å². The van der Waals surface area contributed by atoms with Crippen molar-refractivity contribution in [3.8, 4) is 0 Å². The van der Waals surface area contributed by atoms with Gasteiger partial charge in [-0.25, -0.2) is 13.6 Å². The first kappa shape index (κ1) is 21.0. The van der Waals surface area contributed by atoms with Crippen LogP contribution >= 0.6 is 11.8 Å². The summed E-state index contributed by atoms with van der Waals surface area (Å²) in [5, 5.41) is 10.8. The van der Waals surface area contributed by atoms with Gasteiger partial charge in [-0.15, -0.1) is 11.8 Å². The number of benzene rings is 1. The highest BCUT2D eigenvalue weighted by atomic mass is 32.2. The smallest absolute Gasteiger partial charge is 0.416 e. The van der Waals surface area contributed by atoms with Crippen molar-refractivity contribution < 1.29 is 36.6 Å². The van der Waals surface area contributed by atoms with Crippen molar-refractivity contribution in [3.05, 3.63) is 23.8 Å². The van der Waals surface area contributed by atoms with E-state index in [9.17, 15) is 31.5 Å². The molecule has 1 rings (SSSR count). The van der Waals surface area contributed by atoms with E-state index in [1.807, 2.05) is 0 Å². The highest BCUT2D eigenvalue weighted by molar-refractivity contribution is 7.99. The molecule has 1 aromatic carbocycles. The normalized spacial score (nSPS) is 11.5. The summed E-state index contributed by atoms with van der Waals surface area (Å²) in [7, 11) is 1.26. The van der Waals surface area contributed by atoms with Gasteiger partial charge in [0.15, 0.2) is 0 Å². The van der Waals surface area contributed by atoms with Crippen LogP contribution in [-0.2, 0) is 11.0 Å². The van der Waals surface area contributed by atoms with Crippen LogP contribution in [0.1, 0.15) is 12.0 Å². The maximum Gasteiger partial charge on any atom is 0.416 e. The van der Waals surface area contributed by atoms with Crippen molar-refractivity contribution in [2.45, 2.75) is 23.9 Å². The highest BCUT2D eigenvalue weighted by Crippen LogP contribution is 2.36. The van der Waals surface area contributed by atoms with E-state index in [-0.39, 0.29) is 23.5 Å². The van der Waals surface area contributed by atoms with E-state index in [1.165, 1.54) is 7.05 Å². The van der Waals surface area contributed by atoms with Crippen LogP contribution in [0, 0.1) is 0 Å². The Balaban J connectivity index is 2.99. The lowest BCUT2D eigenvalue weighted by Gasteiger charge is -2.19. The summed E-state index contributed by atoms with van der Waals surface area (Å²) in [4.78, 5) is 23.5. The second-order valence-electron chi connectivity index (χ2n) is 4.91. The number of hydrogen-bond acceptors (Lipinski definition) is 3. The third-order valence-electron chi connectivity index (χ3n) is 2.92. The van der Waals surface area contributed by atoms with Crippen molar-refractivity contribution in [2.75, 3.05) is 24.7 Å². The number of carboxylic acids is 1. The Hall–Kier alpha value is -2.04. The number of hydrogen-bond donors (Lipinski definition) is 2. The minimum atomic E-state index is -4.67. The average Bonchev–Trinajstić information content (AvgIpc) is 2.49. The third kappa shape index (κ3) is 7.16. The molecule has 2 amide bonds. The van der Waals surface area contributed by atoms with Crippen molar-refractivity contribution in [3.63, 3.8) is 0 Å². The van der Waals surface area contributed by atoms with Crippen LogP contribution in [0.25, 0.3) is 0 Å². The van der Waals surface area contributed by atoms with E-state index < -0.39 is 35.9 Å². The first-order valence-corrected chi connectivity index (χ1v) is 7.85. The molecule has 11 heteroatoms. The van der Waals surface area contributed by atoms with Crippen molar-refractivity contribution in [1.29, 1.82) is 0 Å². The summed E-state index contributed by atoms with van der Waals surface area (Å²) in [6, 6.07) is 1.54. The number of nitrogens with zero attached hydrogens (tertiary/aromatic N) is 1. The molecular weight excluding hydrogens is 371 g/mol. The monoisotopic (exact) mass is 386 g/mol. The first-order chi connectivity index (χ1) is 11.5. The molecule has 0 aromatic heterocycles. The fraction of sp³-hybridized carbons (Fsp3) is 0.429. The van der Waals surface area contributed by atoms with Crippen LogP contribution < -0.4 is 5.32 Å². The summed E-state index contributed by atoms with van der Waals surface area (Å²) >= 11 is 0.602. The molecule has 0 saturated heterocycles. The second kappa shape index (κ2) is 8.88. The molecule has 25 heavy (non-hydrogen) atoms. The number of carbonyl (C=O) groups excluding carboxylic acids is 1. The lowest BCUT2D eigenvalue weighted by Crippen LogP contribution is -2.33. The Labute approximate surface area is 144 Å². The van der Waals surface area contributed by atoms with Gasteiger partial charge in [0.2, 0.25) is 6.43 Å². The number of aliphatic carboxylic acids is 1. The highest BCUT2D eigenvalue weighted by Gasteiger charge is 2.31. The Morgan fingerprint density at radius 3 is 2.48 bits per heavy atom. The largest absolute Gasteiger partial charge is 0.481 e. The van der Waals surface area contributed by atoms with E-state index in [1.54, 1.807) is 0 Å². The Morgan fingerprint density at radius 1 is 1.32 bits per heavy atom. The molecule has 140 valence electrons. The number of rotatable bonds is 7. The van der Waals surface area contributed by atoms with Crippen LogP contribution in [0.5, 0.6) is 0 Å². The molecule has 0 aliphatic heterocycles. The van der Waals surface area contributed by atoms with Gasteiger partial charge in [-0.05, 0) is 18.2 Å². The number of amides is 2.